The van der Waals surface area contributed by atoms with Crippen molar-refractivity contribution in [1.29, 1.82) is 0 Å². The fourth-order valence-corrected chi connectivity index (χ4v) is 6.15. The van der Waals surface area contributed by atoms with Crippen LogP contribution in [0.5, 0.6) is 0 Å². The molecule has 12 heteroatoms. The van der Waals surface area contributed by atoms with E-state index in [9.17, 15) is 31.9 Å². The van der Waals surface area contributed by atoms with Crippen molar-refractivity contribution in [1.82, 2.24) is 4.90 Å². The smallest absolute Gasteiger partial charge is 0.407 e. The second-order valence-corrected chi connectivity index (χ2v) is 10.9. The van der Waals surface area contributed by atoms with Gasteiger partial charge in [0.05, 0.1) is 22.5 Å². The summed E-state index contributed by atoms with van der Waals surface area (Å²) in [5, 5.41) is 15.4. The first kappa shape index (κ1) is 23.3. The molecule has 5 rings (SSSR count). The first-order chi connectivity index (χ1) is 16.6. The average molecular weight is 507 g/mol. The Kier molecular flexibility index (Phi) is 5.58. The first-order valence-electron chi connectivity index (χ1n) is 11.3. The molecule has 0 radical (unpaired) electrons. The van der Waals surface area contributed by atoms with E-state index in [1.54, 1.807) is 6.07 Å². The number of hydrogen-bond acceptors (Lipinski definition) is 5. The van der Waals surface area contributed by atoms with E-state index in [-0.39, 0.29) is 17.6 Å². The zero-order valence-corrected chi connectivity index (χ0v) is 19.4. The molecule has 2 amide bonds. The highest BCUT2D eigenvalue weighted by Crippen LogP contribution is 2.54. The number of likely N-dealkylation sites (tertiary alicyclic amines) is 1. The predicted molar refractivity (Wildman–Crippen MR) is 124 cm³/mol. The molecule has 0 unspecified atom stereocenters. The Balaban J connectivity index is 1.48. The topological polar surface area (TPSA) is 128 Å². The van der Waals surface area contributed by atoms with Crippen molar-refractivity contribution in [2.75, 3.05) is 28.4 Å². The maximum atomic E-state index is 14.2. The summed E-state index contributed by atoms with van der Waals surface area (Å²) in [6.07, 6.45) is 2.22. The molecule has 0 bridgehead atoms. The van der Waals surface area contributed by atoms with Crippen LogP contribution in [0.3, 0.4) is 0 Å². The largest absolute Gasteiger partial charge is 0.465 e. The third kappa shape index (κ3) is 4.05. The Labute approximate surface area is 200 Å². The number of carboxylic acid groups (broad SMARTS) is 1. The molecule has 2 fully saturated rings. The van der Waals surface area contributed by atoms with Crippen molar-refractivity contribution in [3.8, 4) is 0 Å². The monoisotopic (exact) mass is 506 g/mol. The molecule has 2 aliphatic heterocycles. The van der Waals surface area contributed by atoms with Crippen LogP contribution >= 0.6 is 0 Å². The lowest BCUT2D eigenvalue weighted by Gasteiger charge is -2.36. The van der Waals surface area contributed by atoms with Crippen LogP contribution in [0.4, 0.5) is 30.6 Å². The summed E-state index contributed by atoms with van der Waals surface area (Å²) >= 11 is 0. The second-order valence-electron chi connectivity index (χ2n) is 9.20. The van der Waals surface area contributed by atoms with Crippen molar-refractivity contribution in [2.45, 2.75) is 48.5 Å². The van der Waals surface area contributed by atoms with Gasteiger partial charge in [0.2, 0.25) is 5.91 Å². The fourth-order valence-electron chi connectivity index (χ4n) is 5.05. The summed E-state index contributed by atoms with van der Waals surface area (Å²) in [4.78, 5) is 24.7. The van der Waals surface area contributed by atoms with Gasteiger partial charge in [-0.15, -0.1) is 0 Å². The molecule has 1 spiro atoms. The highest BCUT2D eigenvalue weighted by atomic mass is 32.2. The molecule has 2 heterocycles. The maximum absolute atomic E-state index is 14.2. The lowest BCUT2D eigenvalue weighted by atomic mass is 9.65. The van der Waals surface area contributed by atoms with Crippen molar-refractivity contribution in [3.63, 3.8) is 0 Å². The molecule has 3 aliphatic rings. The molecule has 1 saturated carbocycles. The van der Waals surface area contributed by atoms with E-state index in [0.717, 1.165) is 18.6 Å². The Bertz CT molecular complexity index is 1320. The van der Waals surface area contributed by atoms with E-state index in [4.69, 9.17) is 0 Å². The third-order valence-electron chi connectivity index (χ3n) is 7.09. The van der Waals surface area contributed by atoms with Crippen LogP contribution in [0.1, 0.15) is 37.7 Å². The number of nitrogens with zero attached hydrogens (tertiary/aromatic N) is 1. The van der Waals surface area contributed by atoms with Gasteiger partial charge in [-0.05, 0) is 55.5 Å². The molecule has 35 heavy (non-hydrogen) atoms. The lowest BCUT2D eigenvalue weighted by Crippen LogP contribution is -2.41. The Hall–Kier alpha value is -3.41. The fraction of sp³-hybridized carbons (Fsp3) is 0.391. The summed E-state index contributed by atoms with van der Waals surface area (Å²) in [6, 6.07) is 5.24. The molecule has 0 aromatic heterocycles. The van der Waals surface area contributed by atoms with Crippen LogP contribution in [-0.4, -0.2) is 49.6 Å². The number of nitrogens with one attached hydrogen (secondary N) is 3. The Morgan fingerprint density at radius 2 is 1.86 bits per heavy atom. The Morgan fingerprint density at radius 3 is 2.46 bits per heavy atom. The minimum Gasteiger partial charge on any atom is -0.465 e. The molecule has 1 saturated heterocycles. The van der Waals surface area contributed by atoms with Crippen molar-refractivity contribution >= 4 is 39.1 Å². The summed E-state index contributed by atoms with van der Waals surface area (Å²) in [7, 11) is -4.38. The number of sulfonamides is 1. The molecule has 1 aliphatic carbocycles. The Morgan fingerprint density at radius 1 is 1.14 bits per heavy atom. The molecule has 4 N–H and O–H groups in total. The summed E-state index contributed by atoms with van der Waals surface area (Å²) in [5.74, 6) is -2.25. The van der Waals surface area contributed by atoms with Gasteiger partial charge in [0.15, 0.2) is 0 Å². The maximum Gasteiger partial charge on any atom is 0.407 e. The van der Waals surface area contributed by atoms with Gasteiger partial charge in [0.25, 0.3) is 10.0 Å². The SMILES string of the molecule is O=C(O)N1CCC(Nc2cc(NS(=O)(=O)c3ccc(F)cc3F)cc3c2NC(=O)C32CCC2)CC1. The summed E-state index contributed by atoms with van der Waals surface area (Å²) < 4.78 is 55.7. The number of hydrogen-bond donors (Lipinski definition) is 4. The average Bonchev–Trinajstić information content (AvgIpc) is 3.06. The van der Waals surface area contributed by atoms with Gasteiger partial charge in [-0.25, -0.2) is 22.0 Å². The van der Waals surface area contributed by atoms with Gasteiger partial charge in [-0.3, -0.25) is 9.52 Å². The van der Waals surface area contributed by atoms with Crippen LogP contribution in [-0.2, 0) is 20.2 Å². The molecular formula is C23H24F2N4O5S. The number of fused-ring (bicyclic) bond motifs is 2. The molecule has 2 aromatic rings. The number of rotatable bonds is 5. The van der Waals surface area contributed by atoms with Gasteiger partial charge in [-0.2, -0.15) is 0 Å². The van der Waals surface area contributed by atoms with Crippen LogP contribution in [0.15, 0.2) is 35.2 Å². The van der Waals surface area contributed by atoms with Gasteiger partial charge in [0, 0.05) is 25.2 Å². The van der Waals surface area contributed by atoms with Crippen molar-refractivity contribution in [3.05, 3.63) is 47.5 Å². The number of carbonyl (C=O) groups is 2. The molecule has 186 valence electrons. The van der Waals surface area contributed by atoms with E-state index in [0.29, 0.717) is 61.8 Å². The van der Waals surface area contributed by atoms with Crippen molar-refractivity contribution < 1.29 is 31.9 Å². The van der Waals surface area contributed by atoms with Gasteiger partial charge in [-0.1, -0.05) is 6.42 Å². The van der Waals surface area contributed by atoms with Crippen LogP contribution < -0.4 is 15.4 Å². The molecule has 9 nitrogen and oxygen atoms in total. The predicted octanol–water partition coefficient (Wildman–Crippen LogP) is 3.69. The van der Waals surface area contributed by atoms with Crippen LogP contribution in [0.2, 0.25) is 0 Å². The van der Waals surface area contributed by atoms with Gasteiger partial charge < -0.3 is 20.6 Å². The van der Waals surface area contributed by atoms with Crippen molar-refractivity contribution in [2.24, 2.45) is 0 Å². The number of piperidine rings is 1. The van der Waals surface area contributed by atoms with Crippen LogP contribution in [0.25, 0.3) is 0 Å². The quantitative estimate of drug-likeness (QED) is 0.490. The zero-order chi connectivity index (χ0) is 25.0. The highest BCUT2D eigenvalue weighted by molar-refractivity contribution is 7.92. The van der Waals surface area contributed by atoms with E-state index < -0.39 is 38.1 Å². The third-order valence-corrected chi connectivity index (χ3v) is 8.51. The molecule has 2 aromatic carbocycles. The number of benzene rings is 2. The van der Waals surface area contributed by atoms with Gasteiger partial charge in [0.1, 0.15) is 16.5 Å². The van der Waals surface area contributed by atoms with E-state index >= 15 is 0 Å². The van der Waals surface area contributed by atoms with E-state index in [1.807, 2.05) is 0 Å². The number of anilines is 3. The molecular weight excluding hydrogens is 482 g/mol. The molecule has 0 atom stereocenters. The second kappa shape index (κ2) is 8.36. The standard InChI is InChI=1S/C23H24F2N4O5S/c24-13-2-3-19(17(25)10-13)35(33,34)28-15-11-16-20(27-21(30)23(16)6-1-7-23)18(12-15)26-14-4-8-29(9-5-14)22(31)32/h2-3,10-12,14,26,28H,1,4-9H2,(H,27,30)(H,31,32). The zero-order valence-electron chi connectivity index (χ0n) is 18.6. The van der Waals surface area contributed by atoms with Crippen LogP contribution in [0, 0.1) is 11.6 Å². The minimum absolute atomic E-state index is 0.0917. The number of carbonyl (C=O) groups excluding carboxylic acids is 1. The number of halogens is 2. The minimum atomic E-state index is -4.38. The van der Waals surface area contributed by atoms with Gasteiger partial charge >= 0.3 is 6.09 Å². The highest BCUT2D eigenvalue weighted by Gasteiger charge is 2.52. The number of amides is 2. The summed E-state index contributed by atoms with van der Waals surface area (Å²) in [6.45, 7) is 0.698. The van der Waals surface area contributed by atoms with E-state index in [2.05, 4.69) is 15.4 Å². The van der Waals surface area contributed by atoms with E-state index in [1.165, 1.54) is 11.0 Å². The summed E-state index contributed by atoms with van der Waals surface area (Å²) in [5.41, 5.74) is 1.15. The normalized spacial score (nSPS) is 19.1. The lowest BCUT2D eigenvalue weighted by molar-refractivity contribution is -0.123. The first-order valence-corrected chi connectivity index (χ1v) is 12.8.